The van der Waals surface area contributed by atoms with Crippen molar-refractivity contribution in [2.24, 2.45) is 0 Å². The van der Waals surface area contributed by atoms with E-state index in [1.54, 1.807) is 0 Å². The number of rotatable bonds is 7. The Morgan fingerprint density at radius 3 is 2.85 bits per heavy atom. The topological polar surface area (TPSA) is 60.8 Å². The van der Waals surface area contributed by atoms with Gasteiger partial charge >= 0.3 is 7.60 Å². The van der Waals surface area contributed by atoms with Crippen LogP contribution in [0.1, 0.15) is 40.0 Å². The van der Waals surface area contributed by atoms with Crippen molar-refractivity contribution in [3.8, 4) is 0 Å². The maximum absolute atomic E-state index is 11.1. The fourth-order valence-electron chi connectivity index (χ4n) is 3.33. The Kier molecular flexibility index (Phi) is 7.45. The Morgan fingerprint density at radius 2 is 2.15 bits per heavy atom. The average Bonchev–Trinajstić information content (AvgIpc) is 2.80. The number of hydrogen-bond acceptors (Lipinski definition) is 2. The van der Waals surface area contributed by atoms with Crippen LogP contribution in [-0.2, 0) is 4.57 Å². The molecule has 0 aromatic rings. The lowest BCUT2D eigenvalue weighted by molar-refractivity contribution is 0.344. The molecule has 26 heavy (non-hydrogen) atoms. The smallest absolute Gasteiger partial charge is 0.325 e. The number of allylic oxidation sites excluding steroid dienone is 9. The van der Waals surface area contributed by atoms with Crippen LogP contribution < -0.4 is 0 Å². The van der Waals surface area contributed by atoms with Crippen molar-refractivity contribution in [1.29, 1.82) is 0 Å². The molecule has 2 N–H and O–H groups in total. The maximum Gasteiger partial charge on any atom is 0.325 e. The van der Waals surface area contributed by atoms with E-state index in [0.717, 1.165) is 19.4 Å². The molecular weight excluding hydrogens is 345 g/mol. The van der Waals surface area contributed by atoms with Crippen LogP contribution in [0.2, 0.25) is 0 Å². The van der Waals surface area contributed by atoms with Gasteiger partial charge in [0.25, 0.3) is 0 Å². The van der Waals surface area contributed by atoms with E-state index in [2.05, 4.69) is 61.4 Å². The first-order chi connectivity index (χ1) is 12.3. The highest BCUT2D eigenvalue weighted by molar-refractivity contribution is 7.51. The molecule has 1 aliphatic carbocycles. The normalized spacial score (nSPS) is 21.3. The number of unbranched alkanes of at least 4 members (excludes halogenated alkanes) is 1. The predicted octanol–water partition coefficient (Wildman–Crippen LogP) is 4.87. The number of fused-ring (bicyclic) bond motifs is 1. The molecule has 142 valence electrons. The predicted molar refractivity (Wildman–Crippen MR) is 109 cm³/mol. The summed E-state index contributed by atoms with van der Waals surface area (Å²) in [5, 5.41) is 0. The van der Waals surface area contributed by atoms with Gasteiger partial charge in [0.2, 0.25) is 0 Å². The number of nitrogens with zero attached hydrogens (tertiary/aromatic N) is 1. The van der Waals surface area contributed by atoms with Crippen LogP contribution in [0.4, 0.5) is 0 Å². The van der Waals surface area contributed by atoms with Crippen molar-refractivity contribution in [2.45, 2.75) is 46.1 Å². The summed E-state index contributed by atoms with van der Waals surface area (Å²) in [4.78, 5) is 20.4. The molecule has 1 atom stereocenters. The molecule has 1 unspecified atom stereocenters. The van der Waals surface area contributed by atoms with Crippen molar-refractivity contribution in [1.82, 2.24) is 4.90 Å². The largest absolute Gasteiger partial charge is 0.367 e. The summed E-state index contributed by atoms with van der Waals surface area (Å²) in [5.41, 5.74) is 5.02. The van der Waals surface area contributed by atoms with E-state index >= 15 is 0 Å². The van der Waals surface area contributed by atoms with Crippen molar-refractivity contribution in [3.63, 3.8) is 0 Å². The zero-order chi connectivity index (χ0) is 19.2. The fourth-order valence-corrected chi connectivity index (χ4v) is 3.96. The monoisotopic (exact) mass is 375 g/mol. The van der Waals surface area contributed by atoms with Gasteiger partial charge in [-0.2, -0.15) is 0 Å². The molecular formula is C21H30NO3P. The van der Waals surface area contributed by atoms with Crippen molar-refractivity contribution in [3.05, 3.63) is 71.0 Å². The molecule has 1 heterocycles. The molecule has 0 aromatic carbocycles. The quantitative estimate of drug-likeness (QED) is 0.379. The van der Waals surface area contributed by atoms with Crippen LogP contribution in [0.3, 0.4) is 0 Å². The molecule has 0 spiro atoms. The second kappa shape index (κ2) is 9.36. The minimum absolute atomic E-state index is 0.0417. The molecule has 2 aliphatic rings. The highest BCUT2D eigenvalue weighted by Gasteiger charge is 2.19. The molecule has 5 heteroatoms. The molecule has 2 rings (SSSR count). The Balaban J connectivity index is 2.20. The SMILES string of the molecule is C/C=C\C(C)=C/C1=CN(CCCCP(=O)(O)O)C2C=CC(C)=CC(=C2)C1. The van der Waals surface area contributed by atoms with E-state index in [-0.39, 0.29) is 12.2 Å². The van der Waals surface area contributed by atoms with Crippen molar-refractivity contribution in [2.75, 3.05) is 12.7 Å². The molecule has 4 nitrogen and oxygen atoms in total. The molecule has 0 fully saturated rings. The Morgan fingerprint density at radius 1 is 1.38 bits per heavy atom. The summed E-state index contributed by atoms with van der Waals surface area (Å²) < 4.78 is 11.1. The molecule has 0 radical (unpaired) electrons. The van der Waals surface area contributed by atoms with Crippen LogP contribution in [0.5, 0.6) is 0 Å². The minimum atomic E-state index is -3.90. The first-order valence-corrected chi connectivity index (χ1v) is 11.0. The zero-order valence-electron chi connectivity index (χ0n) is 15.9. The van der Waals surface area contributed by atoms with Gasteiger partial charge in [-0.15, -0.1) is 0 Å². The van der Waals surface area contributed by atoms with Gasteiger partial charge in [0.05, 0.1) is 6.04 Å². The standard InChI is InChI=1S/C21H30NO3P/c1-4-7-17(2)13-20-14-19-12-18(3)8-9-21(15-19)22(16-20)10-5-6-11-26(23,24)25/h4,7-9,12-13,15-16,21H,5-6,10-11,14H2,1-3H3,(H2,23,24,25)/b7-4-,17-13-. The Hall–Kier alpha value is -1.61. The Bertz CT molecular complexity index is 734. The second-order valence-electron chi connectivity index (χ2n) is 7.08. The van der Waals surface area contributed by atoms with Gasteiger partial charge in [-0.25, -0.2) is 0 Å². The molecule has 2 bridgehead atoms. The second-order valence-corrected chi connectivity index (χ2v) is 8.86. The molecule has 0 amide bonds. The minimum Gasteiger partial charge on any atom is -0.367 e. The van der Waals surface area contributed by atoms with Gasteiger partial charge in [-0.1, -0.05) is 53.7 Å². The lowest BCUT2D eigenvalue weighted by Gasteiger charge is -2.26. The summed E-state index contributed by atoms with van der Waals surface area (Å²) in [6, 6.07) is 0.182. The van der Waals surface area contributed by atoms with E-state index in [9.17, 15) is 4.57 Å². The highest BCUT2D eigenvalue weighted by atomic mass is 31.2. The number of hydrogen-bond donors (Lipinski definition) is 2. The molecule has 1 aliphatic heterocycles. The first kappa shape index (κ1) is 20.7. The van der Waals surface area contributed by atoms with E-state index in [1.165, 1.54) is 22.3 Å². The third-order valence-electron chi connectivity index (χ3n) is 4.44. The van der Waals surface area contributed by atoms with Gasteiger partial charge < -0.3 is 14.7 Å². The third-order valence-corrected chi connectivity index (χ3v) is 5.33. The summed E-state index contributed by atoms with van der Waals surface area (Å²) >= 11 is 0. The van der Waals surface area contributed by atoms with Crippen LogP contribution in [0, 0.1) is 0 Å². The lowest BCUT2D eigenvalue weighted by Crippen LogP contribution is -2.28. The molecule has 0 saturated carbocycles. The van der Waals surface area contributed by atoms with E-state index in [0.29, 0.717) is 6.42 Å². The summed E-state index contributed by atoms with van der Waals surface area (Å²) in [7, 11) is -3.90. The molecule has 0 saturated heterocycles. The van der Waals surface area contributed by atoms with Crippen LogP contribution in [0.15, 0.2) is 71.0 Å². The first-order valence-electron chi connectivity index (χ1n) is 9.16. The fraction of sp³-hybridized carbons (Fsp3) is 0.429. The van der Waals surface area contributed by atoms with Gasteiger partial charge in [0.1, 0.15) is 0 Å². The zero-order valence-corrected chi connectivity index (χ0v) is 16.8. The molecule has 0 aromatic heterocycles. The summed E-state index contributed by atoms with van der Waals surface area (Å²) in [6.07, 6.45) is 19.6. The van der Waals surface area contributed by atoms with Gasteiger partial charge in [0, 0.05) is 18.9 Å². The van der Waals surface area contributed by atoms with Crippen molar-refractivity contribution < 1.29 is 14.4 Å². The lowest BCUT2D eigenvalue weighted by atomic mass is 10.0. The van der Waals surface area contributed by atoms with Gasteiger partial charge in [-0.3, -0.25) is 4.57 Å². The maximum atomic E-state index is 11.1. The van der Waals surface area contributed by atoms with Gasteiger partial charge in [-0.05, 0) is 51.2 Å². The van der Waals surface area contributed by atoms with Crippen molar-refractivity contribution >= 4 is 7.60 Å². The van der Waals surface area contributed by atoms with Gasteiger partial charge in [0.15, 0.2) is 0 Å². The van der Waals surface area contributed by atoms with E-state index in [4.69, 9.17) is 9.79 Å². The summed E-state index contributed by atoms with van der Waals surface area (Å²) in [6.45, 7) is 7.01. The van der Waals surface area contributed by atoms with Crippen LogP contribution >= 0.6 is 7.60 Å². The highest BCUT2D eigenvalue weighted by Crippen LogP contribution is 2.35. The summed E-state index contributed by atoms with van der Waals surface area (Å²) in [5.74, 6) is 0. The third kappa shape index (κ3) is 6.95. The average molecular weight is 375 g/mol. The Labute approximate surface area is 157 Å². The van der Waals surface area contributed by atoms with E-state index < -0.39 is 7.60 Å². The van der Waals surface area contributed by atoms with Crippen LogP contribution in [-0.4, -0.2) is 33.4 Å². The van der Waals surface area contributed by atoms with Crippen LogP contribution in [0.25, 0.3) is 0 Å². The van der Waals surface area contributed by atoms with E-state index in [1.807, 2.05) is 13.0 Å².